The smallest absolute Gasteiger partial charge is 0.410 e. The minimum atomic E-state index is -0.539. The van der Waals surface area contributed by atoms with Crippen molar-refractivity contribution in [3.8, 4) is 0 Å². The number of halogens is 1. The van der Waals surface area contributed by atoms with Crippen LogP contribution in [0.3, 0.4) is 0 Å². The van der Waals surface area contributed by atoms with Crippen LogP contribution in [0.5, 0.6) is 0 Å². The number of aromatic nitrogens is 2. The van der Waals surface area contributed by atoms with E-state index >= 15 is 0 Å². The van der Waals surface area contributed by atoms with E-state index in [2.05, 4.69) is 26.2 Å². The molecule has 0 aliphatic carbocycles. The number of nitrogens with one attached hydrogen (secondary N) is 1. The number of carbonyl (C=O) groups excluding carboxylic acids is 2. The van der Waals surface area contributed by atoms with E-state index in [9.17, 15) is 9.59 Å². The number of anilines is 1. The zero-order valence-electron chi connectivity index (χ0n) is 14.5. The predicted octanol–water partition coefficient (Wildman–Crippen LogP) is 3.29. The average molecular weight is 409 g/mol. The molecule has 1 N–H and O–H groups in total. The van der Waals surface area contributed by atoms with E-state index in [1.807, 2.05) is 43.5 Å². The molecular weight excluding hydrogens is 388 g/mol. The molecule has 0 radical (unpaired) electrons. The lowest BCUT2D eigenvalue weighted by Crippen LogP contribution is -2.36. The van der Waals surface area contributed by atoms with Gasteiger partial charge in [-0.2, -0.15) is 0 Å². The molecule has 0 saturated carbocycles. The number of hydrogen-bond donors (Lipinski definition) is 1. The molecule has 1 fully saturated rings. The number of imidazole rings is 1. The minimum Gasteiger partial charge on any atom is -0.444 e. The maximum absolute atomic E-state index is 12.5. The van der Waals surface area contributed by atoms with Gasteiger partial charge in [0.05, 0.1) is 12.1 Å². The summed E-state index contributed by atoms with van der Waals surface area (Å²) >= 11 is 3.40. The van der Waals surface area contributed by atoms with Crippen molar-refractivity contribution in [3.05, 3.63) is 29.0 Å². The van der Waals surface area contributed by atoms with Crippen LogP contribution in [-0.2, 0) is 9.53 Å². The third-order valence-corrected chi connectivity index (χ3v) is 4.35. The molecule has 3 rings (SSSR count). The van der Waals surface area contributed by atoms with Gasteiger partial charge in [-0.3, -0.25) is 4.79 Å². The lowest BCUT2D eigenvalue weighted by atomic mass is 10.1. The van der Waals surface area contributed by atoms with Crippen LogP contribution in [0.2, 0.25) is 0 Å². The van der Waals surface area contributed by atoms with Crippen LogP contribution in [0.15, 0.2) is 29.0 Å². The van der Waals surface area contributed by atoms with E-state index in [1.165, 1.54) is 0 Å². The molecule has 7 nitrogen and oxygen atoms in total. The largest absolute Gasteiger partial charge is 0.444 e. The number of rotatable bonds is 2. The summed E-state index contributed by atoms with van der Waals surface area (Å²) < 4.78 is 8.12. The average Bonchev–Trinajstić information content (AvgIpc) is 3.11. The van der Waals surface area contributed by atoms with Crippen LogP contribution in [-0.4, -0.2) is 45.0 Å². The number of fused-ring (bicyclic) bond motifs is 1. The SMILES string of the molecule is CC(C)(C)OC(=O)N1CC[C@H](C(=O)Nc2cn3cc(Br)ccc3n2)C1. The number of amides is 2. The molecular formula is C17H21BrN4O3. The fraction of sp³-hybridized carbons (Fsp3) is 0.471. The van der Waals surface area contributed by atoms with E-state index in [0.717, 1.165) is 10.1 Å². The van der Waals surface area contributed by atoms with E-state index in [0.29, 0.717) is 25.3 Å². The summed E-state index contributed by atoms with van der Waals surface area (Å²) in [6.07, 6.45) is 3.88. The molecule has 1 aliphatic heterocycles. The molecule has 1 saturated heterocycles. The first-order chi connectivity index (χ1) is 11.7. The summed E-state index contributed by atoms with van der Waals surface area (Å²) in [7, 11) is 0. The van der Waals surface area contributed by atoms with Crippen LogP contribution in [0, 0.1) is 5.92 Å². The number of ether oxygens (including phenoxy) is 1. The van der Waals surface area contributed by atoms with Gasteiger partial charge in [0.2, 0.25) is 5.91 Å². The molecule has 1 atom stereocenters. The molecule has 0 spiro atoms. The fourth-order valence-corrected chi connectivity index (χ4v) is 3.07. The van der Waals surface area contributed by atoms with E-state index < -0.39 is 5.60 Å². The van der Waals surface area contributed by atoms with Crippen LogP contribution < -0.4 is 5.32 Å². The van der Waals surface area contributed by atoms with Crippen molar-refractivity contribution in [2.24, 2.45) is 5.92 Å². The lowest BCUT2D eigenvalue weighted by Gasteiger charge is -2.24. The number of likely N-dealkylation sites (tertiary alicyclic amines) is 1. The highest BCUT2D eigenvalue weighted by Gasteiger charge is 2.33. The fourth-order valence-electron chi connectivity index (χ4n) is 2.72. The Balaban J connectivity index is 1.61. The highest BCUT2D eigenvalue weighted by atomic mass is 79.9. The van der Waals surface area contributed by atoms with E-state index in [1.54, 1.807) is 11.1 Å². The zero-order valence-corrected chi connectivity index (χ0v) is 16.0. The van der Waals surface area contributed by atoms with Crippen molar-refractivity contribution < 1.29 is 14.3 Å². The summed E-state index contributed by atoms with van der Waals surface area (Å²) in [5.41, 5.74) is 0.211. The molecule has 134 valence electrons. The first kappa shape index (κ1) is 17.7. The number of carbonyl (C=O) groups is 2. The maximum Gasteiger partial charge on any atom is 0.410 e. The van der Waals surface area contributed by atoms with Crippen molar-refractivity contribution >= 4 is 39.4 Å². The van der Waals surface area contributed by atoms with Gasteiger partial charge in [0, 0.05) is 23.8 Å². The number of hydrogen-bond acceptors (Lipinski definition) is 4. The Hall–Kier alpha value is -2.09. The molecule has 0 aromatic carbocycles. The van der Waals surface area contributed by atoms with Gasteiger partial charge in [0.1, 0.15) is 11.2 Å². The van der Waals surface area contributed by atoms with Crippen molar-refractivity contribution in [2.75, 3.05) is 18.4 Å². The maximum atomic E-state index is 12.5. The van der Waals surface area contributed by atoms with Crippen molar-refractivity contribution in [2.45, 2.75) is 32.8 Å². The quantitative estimate of drug-likeness (QED) is 0.826. The summed E-state index contributed by atoms with van der Waals surface area (Å²) in [5.74, 6) is 0.108. The highest BCUT2D eigenvalue weighted by Crippen LogP contribution is 2.21. The lowest BCUT2D eigenvalue weighted by molar-refractivity contribution is -0.119. The van der Waals surface area contributed by atoms with Gasteiger partial charge < -0.3 is 19.4 Å². The molecule has 8 heteroatoms. The summed E-state index contributed by atoms with van der Waals surface area (Å²) in [5, 5.41) is 2.84. The number of pyridine rings is 1. The van der Waals surface area contributed by atoms with Crippen LogP contribution in [0.1, 0.15) is 27.2 Å². The van der Waals surface area contributed by atoms with Crippen LogP contribution in [0.25, 0.3) is 5.65 Å². The summed E-state index contributed by atoms with van der Waals surface area (Å²) in [4.78, 5) is 30.5. The van der Waals surface area contributed by atoms with Gasteiger partial charge in [-0.25, -0.2) is 9.78 Å². The monoisotopic (exact) mass is 408 g/mol. The molecule has 1 aliphatic rings. The third-order valence-electron chi connectivity index (χ3n) is 3.88. The Labute approximate surface area is 154 Å². The Morgan fingerprint density at radius 3 is 2.80 bits per heavy atom. The third kappa shape index (κ3) is 4.31. The molecule has 2 aromatic heterocycles. The van der Waals surface area contributed by atoms with Gasteiger partial charge in [0.15, 0.2) is 5.82 Å². The molecule has 2 amide bonds. The van der Waals surface area contributed by atoms with Gasteiger partial charge in [0.25, 0.3) is 0 Å². The van der Waals surface area contributed by atoms with Gasteiger partial charge >= 0.3 is 6.09 Å². The molecule has 2 aromatic rings. The standard InChI is InChI=1S/C17H21BrN4O3/c1-17(2,3)25-16(24)21-7-6-11(8-21)15(23)20-13-10-22-9-12(18)4-5-14(22)19-13/h4-5,9-11H,6-8H2,1-3H3,(H,20,23)/t11-/m0/s1. The Bertz CT molecular complexity index is 812. The van der Waals surface area contributed by atoms with Crippen molar-refractivity contribution in [1.82, 2.24) is 14.3 Å². The second-order valence-electron chi connectivity index (χ2n) is 7.14. The molecule has 0 bridgehead atoms. The second kappa shape index (κ2) is 6.67. The first-order valence-electron chi connectivity index (χ1n) is 8.14. The summed E-state index contributed by atoms with van der Waals surface area (Å²) in [6, 6.07) is 3.75. The molecule has 25 heavy (non-hydrogen) atoms. The van der Waals surface area contributed by atoms with Gasteiger partial charge in [-0.15, -0.1) is 0 Å². The molecule has 3 heterocycles. The van der Waals surface area contributed by atoms with Crippen LogP contribution >= 0.6 is 15.9 Å². The van der Waals surface area contributed by atoms with Gasteiger partial charge in [-0.05, 0) is 55.3 Å². The first-order valence-corrected chi connectivity index (χ1v) is 8.93. The normalized spacial score (nSPS) is 17.8. The van der Waals surface area contributed by atoms with Crippen LogP contribution in [0.4, 0.5) is 10.6 Å². The zero-order chi connectivity index (χ0) is 18.2. The predicted molar refractivity (Wildman–Crippen MR) is 97.4 cm³/mol. The van der Waals surface area contributed by atoms with E-state index in [4.69, 9.17) is 4.74 Å². The number of nitrogens with zero attached hydrogens (tertiary/aromatic N) is 3. The highest BCUT2D eigenvalue weighted by molar-refractivity contribution is 9.10. The Morgan fingerprint density at radius 1 is 1.32 bits per heavy atom. The topological polar surface area (TPSA) is 75.9 Å². The second-order valence-corrected chi connectivity index (χ2v) is 8.06. The Kier molecular flexibility index (Phi) is 4.73. The minimum absolute atomic E-state index is 0.131. The Morgan fingerprint density at radius 2 is 2.08 bits per heavy atom. The molecule has 0 unspecified atom stereocenters. The summed E-state index contributed by atoms with van der Waals surface area (Å²) in [6.45, 7) is 6.36. The van der Waals surface area contributed by atoms with Crippen molar-refractivity contribution in [3.63, 3.8) is 0 Å². The van der Waals surface area contributed by atoms with Gasteiger partial charge in [-0.1, -0.05) is 0 Å². The van der Waals surface area contributed by atoms with Crippen molar-refractivity contribution in [1.29, 1.82) is 0 Å². The van der Waals surface area contributed by atoms with E-state index in [-0.39, 0.29) is 17.9 Å².